The summed E-state index contributed by atoms with van der Waals surface area (Å²) in [6.45, 7) is -6.22. The molecule has 1 amide bonds. The van der Waals surface area contributed by atoms with Crippen molar-refractivity contribution in [1.29, 1.82) is 0 Å². The summed E-state index contributed by atoms with van der Waals surface area (Å²) in [6.07, 6.45) is 4.62. The molecule has 0 aliphatic rings. The van der Waals surface area contributed by atoms with E-state index in [1.807, 2.05) is 0 Å². The van der Waals surface area contributed by atoms with E-state index in [1.54, 1.807) is 0 Å². The predicted molar refractivity (Wildman–Crippen MR) is 76.4 cm³/mol. The molecule has 26 heavy (non-hydrogen) atoms. The molecule has 7 nitrogen and oxygen atoms in total. The van der Waals surface area contributed by atoms with Gasteiger partial charge in [-0.3, -0.25) is 9.36 Å². The van der Waals surface area contributed by atoms with Crippen molar-refractivity contribution in [3.8, 4) is 5.88 Å². The molecule has 0 spiro atoms. The Bertz CT molecular complexity index is 939. The molecule has 0 unspecified atom stereocenters. The molecule has 3 heterocycles. The van der Waals surface area contributed by atoms with Gasteiger partial charge in [0.15, 0.2) is 5.82 Å². The zero-order chi connectivity index (χ0) is 18.8. The van der Waals surface area contributed by atoms with Crippen LogP contribution in [0, 0.1) is 5.82 Å². The van der Waals surface area contributed by atoms with E-state index in [2.05, 4.69) is 20.1 Å². The van der Waals surface area contributed by atoms with Gasteiger partial charge in [-0.2, -0.15) is 22.7 Å². The molecule has 0 aliphatic carbocycles. The average Bonchev–Trinajstić information content (AvgIpc) is 3.16. The van der Waals surface area contributed by atoms with Crippen LogP contribution in [0.25, 0.3) is 5.65 Å². The number of rotatable bonds is 6. The number of carbonyl (C=O) groups excluding carboxylic acids is 1. The van der Waals surface area contributed by atoms with Gasteiger partial charge in [-0.1, -0.05) is 0 Å². The Morgan fingerprint density at radius 2 is 2.00 bits per heavy atom. The highest BCUT2D eigenvalue weighted by Crippen LogP contribution is 2.20. The number of hydrogen-bond donors (Lipinski definition) is 1. The Balaban J connectivity index is 1.73. The van der Waals surface area contributed by atoms with Crippen molar-refractivity contribution < 1.29 is 31.5 Å². The van der Waals surface area contributed by atoms with E-state index in [0.29, 0.717) is 16.2 Å². The summed E-state index contributed by atoms with van der Waals surface area (Å²) in [5.74, 6) is -2.96. The van der Waals surface area contributed by atoms with Crippen LogP contribution in [-0.4, -0.2) is 31.7 Å². The summed E-state index contributed by atoms with van der Waals surface area (Å²) in [5.41, 5.74) is 0.136. The molecule has 0 saturated carbocycles. The van der Waals surface area contributed by atoms with Gasteiger partial charge in [0.05, 0.1) is 11.8 Å². The number of nitrogens with one attached hydrogen (secondary N) is 1. The Morgan fingerprint density at radius 1 is 1.23 bits per heavy atom. The second-order valence-corrected chi connectivity index (χ2v) is 4.99. The number of halogens is 5. The van der Waals surface area contributed by atoms with Crippen molar-refractivity contribution in [1.82, 2.24) is 24.5 Å². The van der Waals surface area contributed by atoms with E-state index in [4.69, 9.17) is 0 Å². The quantitative estimate of drug-likeness (QED) is 0.673. The second kappa shape index (κ2) is 6.98. The van der Waals surface area contributed by atoms with Gasteiger partial charge in [-0.05, 0) is 6.07 Å². The number of nitrogens with zero attached hydrogens (tertiary/aromatic N) is 4. The maximum Gasteiger partial charge on any atom is 0.388 e. The van der Waals surface area contributed by atoms with Crippen molar-refractivity contribution in [2.45, 2.75) is 19.7 Å². The van der Waals surface area contributed by atoms with Gasteiger partial charge in [0.2, 0.25) is 0 Å². The largest absolute Gasteiger partial charge is 0.414 e. The monoisotopic (exact) mass is 375 g/mol. The van der Waals surface area contributed by atoms with Crippen molar-refractivity contribution >= 4 is 11.6 Å². The predicted octanol–water partition coefficient (Wildman–Crippen LogP) is 2.60. The molecule has 0 saturated heterocycles. The number of fused-ring (bicyclic) bond motifs is 1. The first kappa shape index (κ1) is 17.6. The van der Waals surface area contributed by atoms with Crippen LogP contribution in [0.4, 0.5) is 22.0 Å². The molecule has 0 fully saturated rings. The van der Waals surface area contributed by atoms with E-state index >= 15 is 0 Å². The molecule has 0 atom stereocenters. The second-order valence-electron chi connectivity index (χ2n) is 4.99. The minimum Gasteiger partial charge on any atom is -0.414 e. The molecule has 3 aromatic rings. The number of pyridine rings is 1. The highest BCUT2D eigenvalue weighted by atomic mass is 19.3. The number of alkyl halides is 4. The van der Waals surface area contributed by atoms with E-state index in [9.17, 15) is 26.7 Å². The number of imidazole rings is 1. The van der Waals surface area contributed by atoms with Gasteiger partial charge in [0, 0.05) is 30.7 Å². The lowest BCUT2D eigenvalue weighted by atomic mass is 10.2. The summed E-state index contributed by atoms with van der Waals surface area (Å²) in [4.78, 5) is 15.3. The normalized spacial score (nSPS) is 11.5. The molecule has 0 aliphatic heterocycles. The minimum absolute atomic E-state index is 0.0882. The van der Waals surface area contributed by atoms with E-state index < -0.39 is 30.8 Å². The minimum atomic E-state index is -3.26. The lowest BCUT2D eigenvalue weighted by molar-refractivity contribution is -0.0553. The molecule has 138 valence electrons. The fourth-order valence-electron chi connectivity index (χ4n) is 2.27. The van der Waals surface area contributed by atoms with Gasteiger partial charge in [-0.25, -0.2) is 13.9 Å². The van der Waals surface area contributed by atoms with Crippen molar-refractivity contribution in [2.75, 3.05) is 0 Å². The number of aromatic nitrogens is 4. The topological polar surface area (TPSA) is 73.5 Å². The van der Waals surface area contributed by atoms with Gasteiger partial charge in [0.25, 0.3) is 11.8 Å². The summed E-state index contributed by atoms with van der Waals surface area (Å²) in [5, 5.41) is 6.27. The van der Waals surface area contributed by atoms with Crippen LogP contribution < -0.4 is 10.1 Å². The van der Waals surface area contributed by atoms with Crippen molar-refractivity contribution in [2.24, 2.45) is 0 Å². The van der Waals surface area contributed by atoms with Crippen molar-refractivity contribution in [3.63, 3.8) is 0 Å². The van der Waals surface area contributed by atoms with Crippen LogP contribution in [0.3, 0.4) is 0 Å². The Hall–Kier alpha value is -3.18. The molecule has 1 N–H and O–H groups in total. The van der Waals surface area contributed by atoms with Crippen LogP contribution in [0.1, 0.15) is 22.5 Å². The number of carbonyl (C=O) groups is 1. The van der Waals surface area contributed by atoms with E-state index in [1.165, 1.54) is 16.9 Å². The molecular formula is C14H10F5N5O2. The summed E-state index contributed by atoms with van der Waals surface area (Å²) in [6, 6.07) is 0.676. The molecule has 0 aromatic carbocycles. The van der Waals surface area contributed by atoms with Crippen molar-refractivity contribution in [3.05, 3.63) is 47.8 Å². The molecule has 0 radical (unpaired) electrons. The van der Waals surface area contributed by atoms with Gasteiger partial charge >= 0.3 is 13.2 Å². The highest BCUT2D eigenvalue weighted by molar-refractivity contribution is 5.94. The molecule has 0 bridgehead atoms. The summed E-state index contributed by atoms with van der Waals surface area (Å²) >= 11 is 0. The van der Waals surface area contributed by atoms with Gasteiger partial charge < -0.3 is 10.1 Å². The fraction of sp³-hybridized carbons (Fsp3) is 0.214. The maximum atomic E-state index is 13.6. The third-order valence-electron chi connectivity index (χ3n) is 3.38. The lowest BCUT2D eigenvalue weighted by Gasteiger charge is -2.08. The number of amides is 1. The van der Waals surface area contributed by atoms with Crippen LogP contribution >= 0.6 is 0 Å². The lowest BCUT2D eigenvalue weighted by Crippen LogP contribution is -2.23. The van der Waals surface area contributed by atoms with E-state index in [0.717, 1.165) is 12.4 Å². The third kappa shape index (κ3) is 3.43. The first-order chi connectivity index (χ1) is 12.4. The first-order valence-electron chi connectivity index (χ1n) is 7.06. The van der Waals surface area contributed by atoms with E-state index in [-0.39, 0.29) is 17.8 Å². The number of ether oxygens (including phenoxy) is 1. The summed E-state index contributed by atoms with van der Waals surface area (Å²) in [7, 11) is 0. The fourth-order valence-corrected chi connectivity index (χ4v) is 2.27. The molecule has 12 heteroatoms. The molecule has 3 rings (SSSR count). The Morgan fingerprint density at radius 3 is 2.65 bits per heavy atom. The Kier molecular flexibility index (Phi) is 4.73. The standard InChI is InChI=1S/C14H10F5N5O2/c15-9-3-7(4-21-11(9)26-14(18)19)10(25)20-5-8-6-22-24-2-1-23(12(8)24)13(16)17/h1-4,6,13-14H,5H2,(H,20,25). The SMILES string of the molecule is O=C(NCc1cnn2ccn(C(F)F)c12)c1cnc(OC(F)F)c(F)c1. The first-order valence-corrected chi connectivity index (χ1v) is 7.06. The number of hydrogen-bond acceptors (Lipinski definition) is 4. The molecular weight excluding hydrogens is 365 g/mol. The van der Waals surface area contributed by atoms with Crippen LogP contribution in [0.5, 0.6) is 5.88 Å². The highest BCUT2D eigenvalue weighted by Gasteiger charge is 2.17. The third-order valence-corrected chi connectivity index (χ3v) is 3.38. The van der Waals surface area contributed by atoms with Gasteiger partial charge in [0.1, 0.15) is 5.65 Å². The maximum absolute atomic E-state index is 13.6. The van der Waals surface area contributed by atoms with Crippen LogP contribution in [-0.2, 0) is 6.54 Å². The molecule has 3 aromatic heterocycles. The van der Waals surface area contributed by atoms with Gasteiger partial charge in [-0.15, -0.1) is 0 Å². The smallest absolute Gasteiger partial charge is 0.388 e. The Labute approximate surface area is 142 Å². The van der Waals surface area contributed by atoms with Crippen LogP contribution in [0.2, 0.25) is 0 Å². The zero-order valence-corrected chi connectivity index (χ0v) is 12.7. The van der Waals surface area contributed by atoms with Crippen LogP contribution in [0.15, 0.2) is 30.9 Å². The summed E-state index contributed by atoms with van der Waals surface area (Å²) < 4.78 is 69.3. The average molecular weight is 375 g/mol. The zero-order valence-electron chi connectivity index (χ0n) is 12.7.